The Morgan fingerprint density at radius 3 is 2.23 bits per heavy atom. The van der Waals surface area contributed by atoms with Gasteiger partial charge in [-0.1, -0.05) is 82.7 Å². The molecule has 0 saturated heterocycles. The van der Waals surface area contributed by atoms with Gasteiger partial charge in [0.15, 0.2) is 0 Å². The molecule has 1 nitrogen and oxygen atoms in total. The first-order valence-electron chi connectivity index (χ1n) is 8.56. The lowest BCUT2D eigenvalue weighted by Gasteiger charge is -2.03. The summed E-state index contributed by atoms with van der Waals surface area (Å²) in [5.41, 5.74) is 6.53. The third-order valence-corrected chi connectivity index (χ3v) is 5.23. The zero-order valence-electron chi connectivity index (χ0n) is 13.9. The van der Waals surface area contributed by atoms with Crippen molar-refractivity contribution in [3.8, 4) is 22.3 Å². The van der Waals surface area contributed by atoms with Crippen LogP contribution in [0.15, 0.2) is 99.9 Å². The monoisotopic (exact) mass is 398 g/mol. The van der Waals surface area contributed by atoms with Gasteiger partial charge in [0, 0.05) is 20.8 Å². The van der Waals surface area contributed by atoms with Crippen LogP contribution in [0.2, 0.25) is 0 Å². The van der Waals surface area contributed by atoms with E-state index in [1.807, 2.05) is 12.1 Å². The van der Waals surface area contributed by atoms with Crippen LogP contribution in [0.3, 0.4) is 0 Å². The van der Waals surface area contributed by atoms with Gasteiger partial charge in [0.05, 0.1) is 0 Å². The van der Waals surface area contributed by atoms with Gasteiger partial charge in [-0.05, 0) is 41.0 Å². The van der Waals surface area contributed by atoms with E-state index in [1.165, 1.54) is 11.1 Å². The van der Waals surface area contributed by atoms with Gasteiger partial charge in [0.2, 0.25) is 0 Å². The molecule has 0 bridgehead atoms. The summed E-state index contributed by atoms with van der Waals surface area (Å²) >= 11 is 3.56. The van der Waals surface area contributed by atoms with Gasteiger partial charge in [-0.3, -0.25) is 0 Å². The second-order valence-electron chi connectivity index (χ2n) is 6.37. The highest BCUT2D eigenvalue weighted by Crippen LogP contribution is 2.37. The molecule has 2 heteroatoms. The predicted molar refractivity (Wildman–Crippen MR) is 112 cm³/mol. The lowest BCUT2D eigenvalue weighted by atomic mass is 10.0. The van der Waals surface area contributed by atoms with Gasteiger partial charge in [0.1, 0.15) is 11.2 Å². The van der Waals surface area contributed by atoms with E-state index in [1.54, 1.807) is 0 Å². The number of benzene rings is 4. The maximum Gasteiger partial charge on any atom is 0.143 e. The highest BCUT2D eigenvalue weighted by atomic mass is 79.9. The van der Waals surface area contributed by atoms with E-state index in [0.29, 0.717) is 0 Å². The van der Waals surface area contributed by atoms with Crippen molar-refractivity contribution >= 4 is 37.9 Å². The number of halogens is 1. The van der Waals surface area contributed by atoms with Crippen LogP contribution < -0.4 is 0 Å². The third-order valence-electron chi connectivity index (χ3n) is 4.74. The number of fused-ring (bicyclic) bond motifs is 3. The van der Waals surface area contributed by atoms with E-state index < -0.39 is 0 Å². The van der Waals surface area contributed by atoms with Crippen molar-refractivity contribution in [1.82, 2.24) is 0 Å². The molecule has 0 atom stereocenters. The fraction of sp³-hybridized carbons (Fsp3) is 0. The molecule has 26 heavy (non-hydrogen) atoms. The second-order valence-corrected chi connectivity index (χ2v) is 7.29. The molecule has 4 aromatic carbocycles. The molecule has 0 spiro atoms. The van der Waals surface area contributed by atoms with Crippen LogP contribution >= 0.6 is 15.9 Å². The molecule has 0 saturated carbocycles. The van der Waals surface area contributed by atoms with E-state index in [0.717, 1.165) is 37.5 Å². The molecular formula is C24H15BrO. The topological polar surface area (TPSA) is 13.1 Å². The number of rotatable bonds is 2. The molecule has 0 aliphatic rings. The van der Waals surface area contributed by atoms with Gasteiger partial charge < -0.3 is 4.42 Å². The highest BCUT2D eigenvalue weighted by molar-refractivity contribution is 9.10. The minimum Gasteiger partial charge on any atom is -0.455 e. The Morgan fingerprint density at radius 2 is 1.38 bits per heavy atom. The molecule has 0 aliphatic carbocycles. The lowest BCUT2D eigenvalue weighted by Crippen LogP contribution is -1.79. The molecule has 0 aliphatic heterocycles. The second kappa shape index (κ2) is 6.15. The van der Waals surface area contributed by atoms with E-state index in [9.17, 15) is 0 Å². The van der Waals surface area contributed by atoms with Crippen molar-refractivity contribution in [1.29, 1.82) is 0 Å². The number of hydrogen-bond acceptors (Lipinski definition) is 1. The smallest absolute Gasteiger partial charge is 0.143 e. The fourth-order valence-corrected chi connectivity index (χ4v) is 3.89. The summed E-state index contributed by atoms with van der Waals surface area (Å²) in [5, 5.41) is 2.30. The van der Waals surface area contributed by atoms with Crippen LogP contribution in [0.5, 0.6) is 0 Å². The average Bonchev–Trinajstić information content (AvgIpc) is 3.06. The van der Waals surface area contributed by atoms with Crippen LogP contribution in [0, 0.1) is 0 Å². The van der Waals surface area contributed by atoms with Gasteiger partial charge in [0.25, 0.3) is 0 Å². The molecule has 5 aromatic rings. The zero-order chi connectivity index (χ0) is 17.5. The van der Waals surface area contributed by atoms with E-state index in [4.69, 9.17) is 4.42 Å². The Labute approximate surface area is 160 Å². The van der Waals surface area contributed by atoms with Crippen LogP contribution in [-0.4, -0.2) is 0 Å². The largest absolute Gasteiger partial charge is 0.455 e. The maximum atomic E-state index is 6.25. The SMILES string of the molecule is Brc1cccc(-c2cccc3c2oc2ccc(-c4ccccc4)cc23)c1. The molecule has 1 heterocycles. The Bertz CT molecular complexity index is 1240. The van der Waals surface area contributed by atoms with E-state index >= 15 is 0 Å². The van der Waals surface area contributed by atoms with Crippen molar-refractivity contribution in [3.05, 3.63) is 95.5 Å². The van der Waals surface area contributed by atoms with Crippen molar-refractivity contribution in [2.45, 2.75) is 0 Å². The lowest BCUT2D eigenvalue weighted by molar-refractivity contribution is 0.670. The van der Waals surface area contributed by atoms with E-state index in [-0.39, 0.29) is 0 Å². The summed E-state index contributed by atoms with van der Waals surface area (Å²) < 4.78 is 7.32. The first-order chi connectivity index (χ1) is 12.8. The molecule has 0 unspecified atom stereocenters. The molecule has 5 rings (SSSR count). The first kappa shape index (κ1) is 15.4. The fourth-order valence-electron chi connectivity index (χ4n) is 3.49. The Hall–Kier alpha value is -2.84. The van der Waals surface area contributed by atoms with Crippen LogP contribution in [0.25, 0.3) is 44.2 Å². The quantitative estimate of drug-likeness (QED) is 0.297. The molecule has 0 amide bonds. The number of furan rings is 1. The summed E-state index contributed by atoms with van der Waals surface area (Å²) in [6.45, 7) is 0. The van der Waals surface area contributed by atoms with Crippen LogP contribution in [-0.2, 0) is 0 Å². The van der Waals surface area contributed by atoms with Crippen molar-refractivity contribution in [2.75, 3.05) is 0 Å². The summed E-state index contributed by atoms with van der Waals surface area (Å²) in [4.78, 5) is 0. The van der Waals surface area contributed by atoms with Crippen molar-refractivity contribution in [2.24, 2.45) is 0 Å². The minimum absolute atomic E-state index is 0.919. The van der Waals surface area contributed by atoms with Gasteiger partial charge in [-0.2, -0.15) is 0 Å². The summed E-state index contributed by atoms with van der Waals surface area (Å²) in [5.74, 6) is 0. The normalized spacial score (nSPS) is 11.3. The number of para-hydroxylation sites is 1. The van der Waals surface area contributed by atoms with Crippen LogP contribution in [0.1, 0.15) is 0 Å². The molecule has 124 valence electrons. The molecule has 0 radical (unpaired) electrons. The van der Waals surface area contributed by atoms with E-state index in [2.05, 4.69) is 94.8 Å². The van der Waals surface area contributed by atoms with Crippen molar-refractivity contribution < 1.29 is 4.42 Å². The molecule has 1 aromatic heterocycles. The first-order valence-corrected chi connectivity index (χ1v) is 9.35. The minimum atomic E-state index is 0.919. The van der Waals surface area contributed by atoms with Crippen molar-refractivity contribution in [3.63, 3.8) is 0 Å². The third kappa shape index (κ3) is 2.54. The number of hydrogen-bond donors (Lipinski definition) is 0. The van der Waals surface area contributed by atoms with Crippen LogP contribution in [0.4, 0.5) is 0 Å². The standard InChI is InChI=1S/C24H15BrO/c25-19-9-4-8-18(14-19)20-10-5-11-21-22-15-17(16-6-2-1-3-7-16)12-13-23(22)26-24(20)21/h1-15H. The highest BCUT2D eigenvalue weighted by Gasteiger charge is 2.13. The maximum absolute atomic E-state index is 6.25. The summed E-state index contributed by atoms with van der Waals surface area (Å²) in [6, 6.07) is 31.5. The van der Waals surface area contributed by atoms with Gasteiger partial charge in [-0.15, -0.1) is 0 Å². The summed E-state index contributed by atoms with van der Waals surface area (Å²) in [6.07, 6.45) is 0. The Morgan fingerprint density at radius 1 is 0.577 bits per heavy atom. The predicted octanol–water partition coefficient (Wildman–Crippen LogP) is 7.68. The summed E-state index contributed by atoms with van der Waals surface area (Å²) in [7, 11) is 0. The average molecular weight is 399 g/mol. The van der Waals surface area contributed by atoms with Gasteiger partial charge >= 0.3 is 0 Å². The molecule has 0 fully saturated rings. The molecular weight excluding hydrogens is 384 g/mol. The molecule has 0 N–H and O–H groups in total. The zero-order valence-corrected chi connectivity index (χ0v) is 15.5. The Balaban J connectivity index is 1.76. The Kier molecular flexibility index (Phi) is 3.65. The van der Waals surface area contributed by atoms with Gasteiger partial charge in [-0.25, -0.2) is 0 Å².